The number of likely N-dealkylation sites (N-methyl/N-ethyl adjacent to an activating group) is 1. The zero-order valence-corrected chi connectivity index (χ0v) is 12.8. The van der Waals surface area contributed by atoms with Crippen molar-refractivity contribution in [1.29, 1.82) is 0 Å². The number of ether oxygens (including phenoxy) is 1. The minimum Gasteiger partial charge on any atom is -0.409 e. The first-order chi connectivity index (χ1) is 9.54. The maximum absolute atomic E-state index is 8.64. The van der Waals surface area contributed by atoms with Crippen LogP contribution < -0.4 is 5.73 Å². The van der Waals surface area contributed by atoms with Crippen molar-refractivity contribution in [1.82, 2.24) is 4.90 Å². The lowest BCUT2D eigenvalue weighted by molar-refractivity contribution is -0.0721. The van der Waals surface area contributed by atoms with E-state index in [0.29, 0.717) is 18.4 Å². The van der Waals surface area contributed by atoms with E-state index in [0.717, 1.165) is 6.54 Å². The molecule has 1 saturated heterocycles. The maximum atomic E-state index is 8.64. The lowest BCUT2D eigenvalue weighted by atomic mass is 9.83. The molecule has 2 unspecified atom stereocenters. The standard InChI is InChI=1S/C15H29N3O2/c1-12(10-14(16)17-19)18(2)11-13-6-9-15(20-13)7-4-3-5-8-15/h12-13,19H,3-11H2,1-2H3,(H2,16,17). The van der Waals surface area contributed by atoms with Gasteiger partial charge in [-0.25, -0.2) is 0 Å². The average molecular weight is 283 g/mol. The van der Waals surface area contributed by atoms with Gasteiger partial charge in [0.2, 0.25) is 0 Å². The van der Waals surface area contributed by atoms with Gasteiger partial charge in [0.1, 0.15) is 5.84 Å². The molecule has 1 saturated carbocycles. The Hall–Kier alpha value is -0.810. The minimum absolute atomic E-state index is 0.193. The Morgan fingerprint density at radius 3 is 2.75 bits per heavy atom. The van der Waals surface area contributed by atoms with Gasteiger partial charge in [-0.1, -0.05) is 24.4 Å². The molecule has 5 nitrogen and oxygen atoms in total. The van der Waals surface area contributed by atoms with Crippen molar-refractivity contribution in [3.05, 3.63) is 0 Å². The quantitative estimate of drug-likeness (QED) is 0.351. The predicted octanol–water partition coefficient (Wildman–Crippen LogP) is 2.33. The van der Waals surface area contributed by atoms with Crippen molar-refractivity contribution in [2.24, 2.45) is 10.9 Å². The fourth-order valence-corrected chi connectivity index (χ4v) is 3.59. The third kappa shape index (κ3) is 3.85. The van der Waals surface area contributed by atoms with Crippen LogP contribution in [-0.4, -0.2) is 47.3 Å². The fourth-order valence-electron chi connectivity index (χ4n) is 3.59. The van der Waals surface area contributed by atoms with Crippen LogP contribution in [0, 0.1) is 0 Å². The van der Waals surface area contributed by atoms with E-state index >= 15 is 0 Å². The Morgan fingerprint density at radius 1 is 1.40 bits per heavy atom. The first kappa shape index (κ1) is 15.6. The van der Waals surface area contributed by atoms with E-state index < -0.39 is 0 Å². The van der Waals surface area contributed by atoms with Crippen LogP contribution in [0.5, 0.6) is 0 Å². The van der Waals surface area contributed by atoms with Gasteiger partial charge < -0.3 is 20.6 Å². The van der Waals surface area contributed by atoms with Crippen molar-refractivity contribution in [3.8, 4) is 0 Å². The second kappa shape index (κ2) is 6.76. The number of hydrogen-bond acceptors (Lipinski definition) is 4. The van der Waals surface area contributed by atoms with E-state index in [1.54, 1.807) is 0 Å². The first-order valence-corrected chi connectivity index (χ1v) is 7.89. The van der Waals surface area contributed by atoms with E-state index in [1.165, 1.54) is 44.9 Å². The molecule has 2 aliphatic rings. The summed E-state index contributed by atoms with van der Waals surface area (Å²) in [5, 5.41) is 11.7. The molecule has 1 aliphatic heterocycles. The smallest absolute Gasteiger partial charge is 0.140 e. The second-order valence-electron chi connectivity index (χ2n) is 6.61. The summed E-state index contributed by atoms with van der Waals surface area (Å²) in [7, 11) is 2.09. The van der Waals surface area contributed by atoms with Gasteiger partial charge in [0, 0.05) is 19.0 Å². The van der Waals surface area contributed by atoms with Crippen molar-refractivity contribution in [2.75, 3.05) is 13.6 Å². The molecule has 5 heteroatoms. The highest BCUT2D eigenvalue weighted by Crippen LogP contribution is 2.42. The molecular weight excluding hydrogens is 254 g/mol. The second-order valence-corrected chi connectivity index (χ2v) is 6.61. The summed E-state index contributed by atoms with van der Waals surface area (Å²) in [6, 6.07) is 0.261. The topological polar surface area (TPSA) is 71.1 Å². The van der Waals surface area contributed by atoms with E-state index in [9.17, 15) is 0 Å². The Balaban J connectivity index is 1.79. The van der Waals surface area contributed by atoms with Crippen molar-refractivity contribution >= 4 is 5.84 Å². The van der Waals surface area contributed by atoms with Gasteiger partial charge in [0.25, 0.3) is 0 Å². The minimum atomic E-state index is 0.193. The molecule has 0 aromatic rings. The van der Waals surface area contributed by atoms with Crippen LogP contribution >= 0.6 is 0 Å². The van der Waals surface area contributed by atoms with Crippen molar-refractivity contribution < 1.29 is 9.94 Å². The molecule has 0 amide bonds. The summed E-state index contributed by atoms with van der Waals surface area (Å²) >= 11 is 0. The molecule has 1 spiro atoms. The van der Waals surface area contributed by atoms with Gasteiger partial charge >= 0.3 is 0 Å². The number of oxime groups is 1. The van der Waals surface area contributed by atoms with Crippen LogP contribution in [0.2, 0.25) is 0 Å². The van der Waals surface area contributed by atoms with Gasteiger partial charge in [-0.15, -0.1) is 0 Å². The first-order valence-electron chi connectivity index (χ1n) is 7.89. The third-order valence-corrected chi connectivity index (χ3v) is 4.98. The summed E-state index contributed by atoms with van der Waals surface area (Å²) in [4.78, 5) is 2.25. The number of nitrogens with zero attached hydrogens (tertiary/aromatic N) is 2. The Bertz CT molecular complexity index is 340. The van der Waals surface area contributed by atoms with E-state index in [1.807, 2.05) is 0 Å². The lowest BCUT2D eigenvalue weighted by Crippen LogP contribution is -2.40. The lowest BCUT2D eigenvalue weighted by Gasteiger charge is -2.34. The van der Waals surface area contributed by atoms with Crippen molar-refractivity contribution in [3.63, 3.8) is 0 Å². The Morgan fingerprint density at radius 2 is 2.10 bits per heavy atom. The molecule has 20 heavy (non-hydrogen) atoms. The number of nitrogens with two attached hydrogens (primary N) is 1. The molecule has 0 aromatic heterocycles. The molecule has 1 heterocycles. The summed E-state index contributed by atoms with van der Waals surface area (Å²) in [5.41, 5.74) is 5.77. The molecule has 3 N–H and O–H groups in total. The van der Waals surface area contributed by atoms with Gasteiger partial charge in [-0.2, -0.15) is 0 Å². The van der Waals surface area contributed by atoms with Gasteiger partial charge in [-0.05, 0) is 39.7 Å². The van der Waals surface area contributed by atoms with Crippen molar-refractivity contribution in [2.45, 2.75) is 76.0 Å². The van der Waals surface area contributed by atoms with E-state index in [-0.39, 0.29) is 11.6 Å². The average Bonchev–Trinajstić information content (AvgIpc) is 2.81. The molecule has 0 aromatic carbocycles. The highest BCUT2D eigenvalue weighted by molar-refractivity contribution is 5.80. The van der Waals surface area contributed by atoms with E-state index in [4.69, 9.17) is 15.7 Å². The SMILES string of the molecule is CC(CC(N)=NO)N(C)CC1CCC2(CCCCC2)O1. The van der Waals surface area contributed by atoms with Crippen LogP contribution in [0.1, 0.15) is 58.3 Å². The highest BCUT2D eigenvalue weighted by Gasteiger charge is 2.41. The largest absolute Gasteiger partial charge is 0.409 e. The molecule has 116 valence electrons. The molecule has 1 aliphatic carbocycles. The zero-order chi connectivity index (χ0) is 14.6. The van der Waals surface area contributed by atoms with Gasteiger partial charge in [-0.3, -0.25) is 0 Å². The molecule has 2 fully saturated rings. The third-order valence-electron chi connectivity index (χ3n) is 4.98. The maximum Gasteiger partial charge on any atom is 0.140 e. The van der Waals surface area contributed by atoms with Crippen LogP contribution in [0.15, 0.2) is 5.16 Å². The van der Waals surface area contributed by atoms with Crippen LogP contribution in [-0.2, 0) is 4.74 Å². The number of rotatable bonds is 5. The van der Waals surface area contributed by atoms with Crippen LogP contribution in [0.25, 0.3) is 0 Å². The van der Waals surface area contributed by atoms with Gasteiger partial charge in [0.15, 0.2) is 0 Å². The summed E-state index contributed by atoms with van der Waals surface area (Å²) < 4.78 is 6.39. The summed E-state index contributed by atoms with van der Waals surface area (Å²) in [6.45, 7) is 3.03. The molecule has 0 bridgehead atoms. The number of amidine groups is 1. The van der Waals surface area contributed by atoms with Gasteiger partial charge in [0.05, 0.1) is 11.7 Å². The fraction of sp³-hybridized carbons (Fsp3) is 0.933. The predicted molar refractivity (Wildman–Crippen MR) is 80.0 cm³/mol. The Kier molecular flexibility index (Phi) is 5.27. The number of hydrogen-bond donors (Lipinski definition) is 2. The van der Waals surface area contributed by atoms with Crippen LogP contribution in [0.3, 0.4) is 0 Å². The molecule has 0 radical (unpaired) electrons. The molecule has 2 atom stereocenters. The normalized spacial score (nSPS) is 28.1. The summed E-state index contributed by atoms with van der Waals surface area (Å²) in [5.74, 6) is 0.292. The Labute approximate surface area is 122 Å². The molecular formula is C15H29N3O2. The summed E-state index contributed by atoms with van der Waals surface area (Å²) in [6.07, 6.45) is 9.82. The highest BCUT2D eigenvalue weighted by atomic mass is 16.5. The van der Waals surface area contributed by atoms with E-state index in [2.05, 4.69) is 24.0 Å². The molecule has 2 rings (SSSR count). The monoisotopic (exact) mass is 283 g/mol. The van der Waals surface area contributed by atoms with Crippen LogP contribution in [0.4, 0.5) is 0 Å². The zero-order valence-electron chi connectivity index (χ0n) is 12.8.